The Balaban J connectivity index is 2.24. The van der Waals surface area contributed by atoms with E-state index >= 15 is 0 Å². The number of carbonyl (C=O) groups is 1. The van der Waals surface area contributed by atoms with Crippen molar-refractivity contribution in [1.82, 2.24) is 4.98 Å². The number of para-hydroxylation sites is 1. The third-order valence-electron chi connectivity index (χ3n) is 3.03. The maximum absolute atomic E-state index is 11.0. The van der Waals surface area contributed by atoms with Crippen LogP contribution in [0.15, 0.2) is 48.8 Å². The topological polar surface area (TPSA) is 70.4 Å². The average molecular weight is 257 g/mol. The third-order valence-corrected chi connectivity index (χ3v) is 3.03. The second kappa shape index (κ2) is 6.00. The van der Waals surface area contributed by atoms with Gasteiger partial charge in [0.2, 0.25) is 0 Å². The molecule has 1 aromatic heterocycles. The van der Waals surface area contributed by atoms with Crippen LogP contribution in [-0.2, 0) is 11.2 Å². The Morgan fingerprint density at radius 2 is 2.00 bits per heavy atom. The summed E-state index contributed by atoms with van der Waals surface area (Å²) < 4.78 is 0. The Hall–Kier alpha value is -2.36. The lowest BCUT2D eigenvalue weighted by molar-refractivity contribution is -0.137. The van der Waals surface area contributed by atoms with Crippen LogP contribution in [0.2, 0.25) is 0 Å². The number of carboxylic acid groups (broad SMARTS) is 1. The summed E-state index contributed by atoms with van der Waals surface area (Å²) in [6, 6.07) is 10.6. The molecule has 1 aromatic carbocycles. The predicted molar refractivity (Wildman–Crippen MR) is 71.0 cm³/mol. The Labute approximate surface area is 111 Å². The number of pyridine rings is 1. The molecule has 0 aliphatic heterocycles. The Bertz CT molecular complexity index is 554. The van der Waals surface area contributed by atoms with Gasteiger partial charge < -0.3 is 10.2 Å². The highest BCUT2D eigenvalue weighted by atomic mass is 16.4. The first-order valence-electron chi connectivity index (χ1n) is 6.05. The van der Waals surface area contributed by atoms with Crippen LogP contribution in [0.3, 0.4) is 0 Å². The van der Waals surface area contributed by atoms with Crippen molar-refractivity contribution in [3.8, 4) is 5.75 Å². The van der Waals surface area contributed by atoms with E-state index in [1.807, 2.05) is 12.1 Å². The van der Waals surface area contributed by atoms with Crippen LogP contribution in [0, 0.1) is 0 Å². The van der Waals surface area contributed by atoms with Gasteiger partial charge in [-0.25, -0.2) is 0 Å². The molecule has 0 bridgehead atoms. The molecule has 0 unspecified atom stereocenters. The molecule has 1 heterocycles. The molecule has 4 nitrogen and oxygen atoms in total. The van der Waals surface area contributed by atoms with Gasteiger partial charge in [-0.05, 0) is 35.6 Å². The molecule has 2 rings (SSSR count). The molecule has 0 aliphatic carbocycles. The molecule has 0 saturated carbocycles. The summed E-state index contributed by atoms with van der Waals surface area (Å²) in [6.07, 6.45) is 3.82. The summed E-state index contributed by atoms with van der Waals surface area (Å²) in [5.41, 5.74) is 1.62. The van der Waals surface area contributed by atoms with Gasteiger partial charge in [0.05, 0.1) is 6.42 Å². The number of phenols is 1. The number of nitrogens with zero attached hydrogens (tertiary/aromatic N) is 1. The van der Waals surface area contributed by atoms with Crippen molar-refractivity contribution in [3.63, 3.8) is 0 Å². The highest BCUT2D eigenvalue weighted by molar-refractivity contribution is 5.68. The largest absolute Gasteiger partial charge is 0.508 e. The smallest absolute Gasteiger partial charge is 0.303 e. The molecule has 0 fully saturated rings. The van der Waals surface area contributed by atoms with Gasteiger partial charge in [0, 0.05) is 12.4 Å². The Kier molecular flexibility index (Phi) is 4.13. The number of carboxylic acids is 1. The number of benzene rings is 1. The third kappa shape index (κ3) is 3.55. The fourth-order valence-corrected chi connectivity index (χ4v) is 2.09. The second-order valence-corrected chi connectivity index (χ2v) is 4.41. The number of aliphatic carboxylic acids is 1. The van der Waals surface area contributed by atoms with E-state index in [0.29, 0.717) is 6.42 Å². The van der Waals surface area contributed by atoms with E-state index in [9.17, 15) is 9.90 Å². The van der Waals surface area contributed by atoms with Crippen molar-refractivity contribution in [2.24, 2.45) is 0 Å². The quantitative estimate of drug-likeness (QED) is 0.863. The Morgan fingerprint density at radius 1 is 1.21 bits per heavy atom. The summed E-state index contributed by atoms with van der Waals surface area (Å²) >= 11 is 0. The van der Waals surface area contributed by atoms with Gasteiger partial charge in [-0.1, -0.05) is 24.3 Å². The second-order valence-electron chi connectivity index (χ2n) is 4.41. The van der Waals surface area contributed by atoms with Crippen LogP contribution in [0.25, 0.3) is 0 Å². The van der Waals surface area contributed by atoms with Crippen molar-refractivity contribution in [2.45, 2.75) is 18.8 Å². The van der Waals surface area contributed by atoms with E-state index in [1.165, 1.54) is 0 Å². The molecule has 2 N–H and O–H groups in total. The van der Waals surface area contributed by atoms with Gasteiger partial charge in [-0.3, -0.25) is 9.78 Å². The fraction of sp³-hybridized carbons (Fsp3) is 0.200. The van der Waals surface area contributed by atoms with Crippen LogP contribution >= 0.6 is 0 Å². The molecule has 0 amide bonds. The van der Waals surface area contributed by atoms with Gasteiger partial charge >= 0.3 is 5.97 Å². The first-order valence-corrected chi connectivity index (χ1v) is 6.05. The number of hydrogen-bond acceptors (Lipinski definition) is 3. The number of rotatable bonds is 5. The van der Waals surface area contributed by atoms with E-state index in [0.717, 1.165) is 11.1 Å². The van der Waals surface area contributed by atoms with E-state index in [2.05, 4.69) is 4.98 Å². The van der Waals surface area contributed by atoms with Crippen LogP contribution in [-0.4, -0.2) is 21.2 Å². The van der Waals surface area contributed by atoms with Gasteiger partial charge in [0.25, 0.3) is 0 Å². The van der Waals surface area contributed by atoms with Crippen molar-refractivity contribution in [2.75, 3.05) is 0 Å². The van der Waals surface area contributed by atoms with Crippen molar-refractivity contribution in [1.29, 1.82) is 0 Å². The molecule has 0 spiro atoms. The van der Waals surface area contributed by atoms with Crippen LogP contribution in [0.1, 0.15) is 23.5 Å². The minimum absolute atomic E-state index is 0.0139. The number of aromatic nitrogens is 1. The van der Waals surface area contributed by atoms with E-state index in [4.69, 9.17) is 5.11 Å². The molecule has 4 heteroatoms. The van der Waals surface area contributed by atoms with Crippen molar-refractivity contribution >= 4 is 5.97 Å². The lowest BCUT2D eigenvalue weighted by atomic mass is 9.90. The van der Waals surface area contributed by atoms with E-state index in [1.54, 1.807) is 36.7 Å². The highest BCUT2D eigenvalue weighted by Gasteiger charge is 2.17. The molecule has 2 aromatic rings. The zero-order chi connectivity index (χ0) is 13.7. The minimum Gasteiger partial charge on any atom is -0.508 e. The van der Waals surface area contributed by atoms with Crippen LogP contribution < -0.4 is 0 Å². The highest BCUT2D eigenvalue weighted by Crippen LogP contribution is 2.27. The molecular weight excluding hydrogens is 242 g/mol. The number of hydrogen-bond donors (Lipinski definition) is 2. The Morgan fingerprint density at radius 3 is 2.63 bits per heavy atom. The summed E-state index contributed by atoms with van der Waals surface area (Å²) in [4.78, 5) is 15.0. The van der Waals surface area contributed by atoms with E-state index in [-0.39, 0.29) is 18.1 Å². The zero-order valence-corrected chi connectivity index (χ0v) is 10.4. The first-order chi connectivity index (χ1) is 9.16. The predicted octanol–water partition coefficient (Wildman–Crippen LogP) is 2.59. The summed E-state index contributed by atoms with van der Waals surface area (Å²) in [5, 5.41) is 18.8. The molecular formula is C15H15NO3. The standard InChI is InChI=1S/C15H15NO3/c17-14-6-2-1-4-11(14)8-13(9-15(18)19)12-5-3-7-16-10-12/h1-7,10,13,17H,8-9H2,(H,18,19)/t13-/m0/s1. The molecule has 0 radical (unpaired) electrons. The van der Waals surface area contributed by atoms with Crippen molar-refractivity contribution in [3.05, 3.63) is 59.9 Å². The van der Waals surface area contributed by atoms with Crippen LogP contribution in [0.5, 0.6) is 5.75 Å². The maximum atomic E-state index is 11.0. The maximum Gasteiger partial charge on any atom is 0.303 e. The van der Waals surface area contributed by atoms with E-state index < -0.39 is 5.97 Å². The van der Waals surface area contributed by atoms with Crippen molar-refractivity contribution < 1.29 is 15.0 Å². The molecule has 0 saturated heterocycles. The lowest BCUT2D eigenvalue weighted by Crippen LogP contribution is -2.09. The summed E-state index contributed by atoms with van der Waals surface area (Å²) in [6.45, 7) is 0. The van der Waals surface area contributed by atoms with Gasteiger partial charge in [0.15, 0.2) is 0 Å². The lowest BCUT2D eigenvalue weighted by Gasteiger charge is -2.15. The monoisotopic (exact) mass is 257 g/mol. The van der Waals surface area contributed by atoms with Gasteiger partial charge in [0.1, 0.15) is 5.75 Å². The van der Waals surface area contributed by atoms with Gasteiger partial charge in [-0.2, -0.15) is 0 Å². The summed E-state index contributed by atoms with van der Waals surface area (Å²) in [5.74, 6) is -0.856. The normalized spacial score (nSPS) is 12.0. The SMILES string of the molecule is O=C(O)C[C@H](Cc1ccccc1O)c1cccnc1. The molecule has 19 heavy (non-hydrogen) atoms. The fourth-order valence-electron chi connectivity index (χ4n) is 2.09. The molecule has 0 aliphatic rings. The number of phenolic OH excluding ortho intramolecular Hbond substituents is 1. The number of aromatic hydroxyl groups is 1. The zero-order valence-electron chi connectivity index (χ0n) is 10.4. The summed E-state index contributed by atoms with van der Waals surface area (Å²) in [7, 11) is 0. The first kappa shape index (κ1) is 13.1. The molecule has 1 atom stereocenters. The van der Waals surface area contributed by atoms with Gasteiger partial charge in [-0.15, -0.1) is 0 Å². The average Bonchev–Trinajstić information content (AvgIpc) is 2.41. The van der Waals surface area contributed by atoms with Crippen LogP contribution in [0.4, 0.5) is 0 Å². The molecule has 98 valence electrons. The minimum atomic E-state index is -0.857.